The first kappa shape index (κ1) is 17.8. The van der Waals surface area contributed by atoms with Gasteiger partial charge in [-0.15, -0.1) is 0 Å². The van der Waals surface area contributed by atoms with E-state index >= 15 is 0 Å². The van der Waals surface area contributed by atoms with Crippen LogP contribution in [0, 0.1) is 0 Å². The summed E-state index contributed by atoms with van der Waals surface area (Å²) in [6.07, 6.45) is 3.37. The van der Waals surface area contributed by atoms with Crippen LogP contribution in [0.4, 0.5) is 0 Å². The van der Waals surface area contributed by atoms with Gasteiger partial charge < -0.3 is 19.5 Å². The third-order valence-corrected chi connectivity index (χ3v) is 0.644. The maximum absolute atomic E-state index is 9.56. The van der Waals surface area contributed by atoms with Crippen LogP contribution in [0.5, 0.6) is 0 Å². The number of carboxylic acid groups (broad SMARTS) is 1. The summed E-state index contributed by atoms with van der Waals surface area (Å²) in [5, 5.41) is 8.89. The Balaban J connectivity index is -0.000000142. The largest absolute Gasteiger partial charge is 1.00 e. The number of carbonyl (C=O) groups is 3. The SMILES string of the molecule is CC(=O)[O-].O=CCCCC=O.[Na+]. The summed E-state index contributed by atoms with van der Waals surface area (Å²) in [5.41, 5.74) is 0. The Labute approximate surface area is 93.6 Å². The average Bonchev–Trinajstić information content (AvgIpc) is 1.88. The smallest absolute Gasteiger partial charge is 0.550 e. The summed E-state index contributed by atoms with van der Waals surface area (Å²) in [6.45, 7) is 0.972. The predicted molar refractivity (Wildman–Crippen MR) is 36.7 cm³/mol. The minimum atomic E-state index is -1.08. The Hall–Kier alpha value is -0.190. The van der Waals surface area contributed by atoms with E-state index in [9.17, 15) is 9.59 Å². The third kappa shape index (κ3) is 52.5. The van der Waals surface area contributed by atoms with E-state index in [-0.39, 0.29) is 29.6 Å². The second-order valence-corrected chi connectivity index (χ2v) is 1.76. The Bertz CT molecular complexity index is 113. The number of carbonyl (C=O) groups excluding carboxylic acids is 3. The zero-order chi connectivity index (χ0) is 9.11. The van der Waals surface area contributed by atoms with Gasteiger partial charge in [-0.3, -0.25) is 0 Å². The number of rotatable bonds is 4. The summed E-state index contributed by atoms with van der Waals surface area (Å²) >= 11 is 0. The van der Waals surface area contributed by atoms with Gasteiger partial charge in [0.05, 0.1) is 0 Å². The van der Waals surface area contributed by atoms with Gasteiger partial charge in [-0.1, -0.05) is 0 Å². The van der Waals surface area contributed by atoms with E-state index < -0.39 is 5.97 Å². The Morgan fingerprint density at radius 1 is 1.25 bits per heavy atom. The fourth-order valence-electron chi connectivity index (χ4n) is 0.285. The van der Waals surface area contributed by atoms with E-state index in [1.165, 1.54) is 0 Å². The maximum atomic E-state index is 9.56. The van der Waals surface area contributed by atoms with Gasteiger partial charge in [0.2, 0.25) is 0 Å². The molecule has 0 fully saturated rings. The molecule has 0 aromatic carbocycles. The molecule has 0 aromatic rings. The predicted octanol–water partition coefficient (Wildman–Crippen LogP) is -3.69. The second kappa shape index (κ2) is 17.1. The molecule has 0 bridgehead atoms. The molecule has 0 amide bonds. The minimum absolute atomic E-state index is 0. The van der Waals surface area contributed by atoms with E-state index in [1.807, 2.05) is 0 Å². The molecule has 5 heteroatoms. The van der Waals surface area contributed by atoms with Crippen LogP contribution in [0.3, 0.4) is 0 Å². The van der Waals surface area contributed by atoms with Gasteiger partial charge in [0.1, 0.15) is 12.6 Å². The summed E-state index contributed by atoms with van der Waals surface area (Å²) in [7, 11) is 0. The molecular weight excluding hydrogens is 171 g/mol. The quantitative estimate of drug-likeness (QED) is 0.255. The molecule has 0 atom stereocenters. The molecule has 0 saturated heterocycles. The number of carboxylic acids is 1. The van der Waals surface area contributed by atoms with Crippen molar-refractivity contribution in [2.24, 2.45) is 0 Å². The van der Waals surface area contributed by atoms with Crippen molar-refractivity contribution in [3.05, 3.63) is 0 Å². The van der Waals surface area contributed by atoms with Crippen LogP contribution in [0.15, 0.2) is 0 Å². The first-order chi connectivity index (χ1) is 5.15. The zero-order valence-electron chi connectivity index (χ0n) is 7.41. The molecule has 12 heavy (non-hydrogen) atoms. The summed E-state index contributed by atoms with van der Waals surface area (Å²) in [6, 6.07) is 0. The Kier molecular flexibility index (Phi) is 25.3. The molecule has 0 N–H and O–H groups in total. The number of hydrogen-bond acceptors (Lipinski definition) is 4. The van der Waals surface area contributed by atoms with Gasteiger partial charge in [0.15, 0.2) is 0 Å². The molecule has 0 saturated carbocycles. The Morgan fingerprint density at radius 2 is 1.50 bits per heavy atom. The summed E-state index contributed by atoms with van der Waals surface area (Å²) < 4.78 is 0. The van der Waals surface area contributed by atoms with Crippen LogP contribution in [0.1, 0.15) is 26.2 Å². The fraction of sp³-hybridized carbons (Fsp3) is 0.571. The maximum Gasteiger partial charge on any atom is 1.00 e. The van der Waals surface area contributed by atoms with Gasteiger partial charge in [-0.2, -0.15) is 0 Å². The van der Waals surface area contributed by atoms with Gasteiger partial charge in [0.25, 0.3) is 0 Å². The molecular formula is C7H11NaO4. The van der Waals surface area contributed by atoms with E-state index in [1.54, 1.807) is 0 Å². The average molecular weight is 182 g/mol. The van der Waals surface area contributed by atoms with E-state index in [2.05, 4.69) is 0 Å². The van der Waals surface area contributed by atoms with Crippen molar-refractivity contribution >= 4 is 18.5 Å². The molecule has 0 aliphatic rings. The van der Waals surface area contributed by atoms with Crippen molar-refractivity contribution in [2.75, 3.05) is 0 Å². The van der Waals surface area contributed by atoms with Crippen molar-refractivity contribution in [3.8, 4) is 0 Å². The van der Waals surface area contributed by atoms with Gasteiger partial charge in [-0.05, 0) is 13.3 Å². The first-order valence-electron chi connectivity index (χ1n) is 3.20. The monoisotopic (exact) mass is 182 g/mol. The molecule has 0 unspecified atom stereocenters. The number of unbranched alkanes of at least 4 members (excludes halogenated alkanes) is 2. The van der Waals surface area contributed by atoms with E-state index in [0.29, 0.717) is 19.3 Å². The van der Waals surface area contributed by atoms with Crippen LogP contribution in [0.25, 0.3) is 0 Å². The normalized spacial score (nSPS) is 6.75. The summed E-state index contributed by atoms with van der Waals surface area (Å²) in [5.74, 6) is -1.08. The van der Waals surface area contributed by atoms with Crippen molar-refractivity contribution < 1.29 is 49.0 Å². The van der Waals surface area contributed by atoms with Gasteiger partial charge >= 0.3 is 29.6 Å². The number of aldehydes is 2. The number of hydrogen-bond donors (Lipinski definition) is 0. The van der Waals surface area contributed by atoms with Crippen LogP contribution in [-0.4, -0.2) is 18.5 Å². The van der Waals surface area contributed by atoms with Crippen molar-refractivity contribution in [3.63, 3.8) is 0 Å². The summed E-state index contributed by atoms with van der Waals surface area (Å²) in [4.78, 5) is 28.0. The second-order valence-electron chi connectivity index (χ2n) is 1.76. The van der Waals surface area contributed by atoms with Gasteiger partial charge in [-0.25, -0.2) is 0 Å². The van der Waals surface area contributed by atoms with Crippen molar-refractivity contribution in [1.82, 2.24) is 0 Å². The first-order valence-corrected chi connectivity index (χ1v) is 3.20. The minimum Gasteiger partial charge on any atom is -0.550 e. The molecule has 0 spiro atoms. The van der Waals surface area contributed by atoms with Crippen molar-refractivity contribution in [1.29, 1.82) is 0 Å². The topological polar surface area (TPSA) is 74.3 Å². The van der Waals surface area contributed by atoms with Crippen molar-refractivity contribution in [2.45, 2.75) is 26.2 Å². The Morgan fingerprint density at radius 3 is 1.67 bits per heavy atom. The molecule has 0 radical (unpaired) electrons. The van der Waals surface area contributed by atoms with E-state index in [0.717, 1.165) is 19.5 Å². The third-order valence-electron chi connectivity index (χ3n) is 0.644. The van der Waals surface area contributed by atoms with Crippen LogP contribution < -0.4 is 34.7 Å². The molecule has 4 nitrogen and oxygen atoms in total. The van der Waals surface area contributed by atoms with Crippen LogP contribution in [0.2, 0.25) is 0 Å². The molecule has 0 rings (SSSR count). The molecule has 0 aliphatic carbocycles. The molecule has 0 heterocycles. The molecule has 0 aliphatic heterocycles. The molecule has 64 valence electrons. The van der Waals surface area contributed by atoms with Crippen LogP contribution >= 0.6 is 0 Å². The number of aliphatic carboxylic acids is 1. The zero-order valence-corrected chi connectivity index (χ0v) is 9.41. The van der Waals surface area contributed by atoms with Crippen LogP contribution in [-0.2, 0) is 14.4 Å². The standard InChI is InChI=1S/C5H8O2.C2H4O2.Na/c6-4-2-1-3-5-7;1-2(3)4;/h4-5H,1-3H2;1H3,(H,3,4);/q;;+1/p-1. The molecule has 0 aromatic heterocycles. The fourth-order valence-corrected chi connectivity index (χ4v) is 0.285. The van der Waals surface area contributed by atoms with Gasteiger partial charge in [0, 0.05) is 18.8 Å². The van der Waals surface area contributed by atoms with E-state index in [4.69, 9.17) is 9.90 Å².